The lowest BCUT2D eigenvalue weighted by Crippen LogP contribution is -2.22. The monoisotopic (exact) mass is 280 g/mol. The molecule has 0 bridgehead atoms. The van der Waals surface area contributed by atoms with Crippen molar-refractivity contribution in [3.05, 3.63) is 97.4 Å². The molecular weight excluding hydrogens is 255 g/mol. The molecule has 0 saturated heterocycles. The van der Waals surface area contributed by atoms with Crippen LogP contribution in [0.15, 0.2) is 97.4 Å². The lowest BCUT2D eigenvalue weighted by Gasteiger charge is -2.12. The van der Waals surface area contributed by atoms with Gasteiger partial charge < -0.3 is 11.1 Å². The normalized spacial score (nSPS) is 14.8. The summed E-state index contributed by atoms with van der Waals surface area (Å²) in [5.41, 5.74) is 8.80. The molecule has 3 N–H and O–H groups in total. The van der Waals surface area contributed by atoms with E-state index < -0.39 is 0 Å². The van der Waals surface area contributed by atoms with Crippen molar-refractivity contribution in [2.75, 3.05) is 0 Å². The maximum absolute atomic E-state index is 6.09. The quantitative estimate of drug-likeness (QED) is 0.503. The number of nitrogens with one attached hydrogen (secondary N) is 1. The molecule has 0 fully saturated rings. The van der Waals surface area contributed by atoms with Gasteiger partial charge in [0.15, 0.2) is 7.85 Å². The highest BCUT2D eigenvalue weighted by Gasteiger charge is 2.01. The SMILES string of the molecule is B/C(=C/[C@H](N)C(=C)/C=C\C=C/C)NC(/C=C\C=C)=C/C=C. The first kappa shape index (κ1) is 18.7. The van der Waals surface area contributed by atoms with Crippen LogP contribution in [-0.4, -0.2) is 13.9 Å². The molecule has 0 aliphatic heterocycles. The summed E-state index contributed by atoms with van der Waals surface area (Å²) in [6, 6.07) is -0.229. The predicted octanol–water partition coefficient (Wildman–Crippen LogP) is 2.88. The van der Waals surface area contributed by atoms with E-state index in [4.69, 9.17) is 5.73 Å². The van der Waals surface area contributed by atoms with Crippen molar-refractivity contribution < 1.29 is 0 Å². The minimum Gasteiger partial charge on any atom is -0.368 e. The fourth-order valence-electron chi connectivity index (χ4n) is 1.48. The van der Waals surface area contributed by atoms with E-state index in [1.165, 1.54) is 0 Å². The Labute approximate surface area is 129 Å². The van der Waals surface area contributed by atoms with Crippen LogP contribution in [0.1, 0.15) is 6.92 Å². The van der Waals surface area contributed by atoms with E-state index >= 15 is 0 Å². The van der Waals surface area contributed by atoms with Crippen molar-refractivity contribution >= 4 is 7.85 Å². The second-order valence-electron chi connectivity index (χ2n) is 4.41. The zero-order valence-electron chi connectivity index (χ0n) is 13.0. The maximum Gasteiger partial charge on any atom is 0.160 e. The molecular formula is C18H25BN2. The Kier molecular flexibility index (Phi) is 10.3. The van der Waals surface area contributed by atoms with E-state index in [9.17, 15) is 0 Å². The molecule has 0 spiro atoms. The Morgan fingerprint density at radius 3 is 2.43 bits per heavy atom. The molecule has 0 aromatic rings. The third-order valence-corrected chi connectivity index (χ3v) is 2.52. The van der Waals surface area contributed by atoms with Gasteiger partial charge in [-0.25, -0.2) is 0 Å². The second kappa shape index (κ2) is 11.6. The van der Waals surface area contributed by atoms with Gasteiger partial charge in [0.2, 0.25) is 0 Å². The zero-order valence-corrected chi connectivity index (χ0v) is 13.0. The molecule has 1 atom stereocenters. The van der Waals surface area contributed by atoms with Crippen LogP contribution in [0.2, 0.25) is 0 Å². The second-order valence-corrected chi connectivity index (χ2v) is 4.41. The van der Waals surface area contributed by atoms with Gasteiger partial charge in [-0.05, 0) is 30.2 Å². The van der Waals surface area contributed by atoms with Gasteiger partial charge in [-0.2, -0.15) is 0 Å². The van der Waals surface area contributed by atoms with Gasteiger partial charge in [0.1, 0.15) is 0 Å². The highest BCUT2D eigenvalue weighted by atomic mass is 14.9. The standard InChI is InChI=1S/C18H25BN2/c1-5-8-10-12-15(4)17(20)14-18(19)21-16(11-7-3)13-9-6-2/h5-14,17,21H,2-4,19-20H2,1H3/b8-5-,12-10-,13-9-,16-11+,18-14-/t17-/m0/s1. The Morgan fingerprint density at radius 1 is 1.14 bits per heavy atom. The average Bonchev–Trinajstić information content (AvgIpc) is 2.44. The van der Waals surface area contributed by atoms with Gasteiger partial charge in [0.25, 0.3) is 0 Å². The number of allylic oxidation sites excluding steroid dienone is 8. The molecule has 2 nitrogen and oxygen atoms in total. The van der Waals surface area contributed by atoms with Gasteiger partial charge in [0, 0.05) is 11.7 Å². The number of rotatable bonds is 9. The van der Waals surface area contributed by atoms with Crippen LogP contribution in [0.25, 0.3) is 0 Å². The summed E-state index contributed by atoms with van der Waals surface area (Å²) in [6.45, 7) is 13.3. The summed E-state index contributed by atoms with van der Waals surface area (Å²) in [5.74, 6) is 0. The molecule has 0 aromatic heterocycles. The molecule has 0 heterocycles. The van der Waals surface area contributed by atoms with Gasteiger partial charge in [-0.15, -0.1) is 0 Å². The largest absolute Gasteiger partial charge is 0.368 e. The first-order valence-electron chi connectivity index (χ1n) is 6.86. The van der Waals surface area contributed by atoms with E-state index in [0.717, 1.165) is 16.9 Å². The first-order valence-corrected chi connectivity index (χ1v) is 6.86. The molecule has 0 aromatic carbocycles. The molecule has 0 aliphatic rings. The summed E-state index contributed by atoms with van der Waals surface area (Å²) < 4.78 is 0. The lowest BCUT2D eigenvalue weighted by molar-refractivity contribution is 0.954. The van der Waals surface area contributed by atoms with Crippen molar-refractivity contribution in [1.82, 2.24) is 5.32 Å². The number of hydrogen-bond donors (Lipinski definition) is 2. The van der Waals surface area contributed by atoms with Gasteiger partial charge in [0.05, 0.1) is 0 Å². The van der Waals surface area contributed by atoms with Crippen LogP contribution in [0.3, 0.4) is 0 Å². The summed E-state index contributed by atoms with van der Waals surface area (Å²) >= 11 is 0. The smallest absolute Gasteiger partial charge is 0.160 e. The predicted molar refractivity (Wildman–Crippen MR) is 98.4 cm³/mol. The Morgan fingerprint density at radius 2 is 1.86 bits per heavy atom. The Bertz CT molecular complexity index is 505. The minimum absolute atomic E-state index is 0.229. The molecule has 0 aliphatic carbocycles. The van der Waals surface area contributed by atoms with Crippen LogP contribution in [0.4, 0.5) is 0 Å². The van der Waals surface area contributed by atoms with Crippen molar-refractivity contribution in [2.24, 2.45) is 5.73 Å². The highest BCUT2D eigenvalue weighted by molar-refractivity contribution is 6.21. The number of hydrogen-bond acceptors (Lipinski definition) is 2. The van der Waals surface area contributed by atoms with Crippen LogP contribution in [0.5, 0.6) is 0 Å². The fraction of sp³-hybridized carbons (Fsp3) is 0.111. The summed E-state index contributed by atoms with van der Waals surface area (Å²) in [6.07, 6.45) is 18.8. The van der Waals surface area contributed by atoms with Crippen molar-refractivity contribution in [1.29, 1.82) is 0 Å². The number of nitrogens with two attached hydrogens (primary N) is 1. The third-order valence-electron chi connectivity index (χ3n) is 2.52. The summed E-state index contributed by atoms with van der Waals surface area (Å²) in [7, 11) is 1.96. The van der Waals surface area contributed by atoms with E-state index in [-0.39, 0.29) is 6.04 Å². The van der Waals surface area contributed by atoms with Crippen LogP contribution < -0.4 is 11.1 Å². The molecule has 0 amide bonds. The minimum atomic E-state index is -0.229. The fourth-order valence-corrected chi connectivity index (χ4v) is 1.48. The molecule has 110 valence electrons. The molecule has 21 heavy (non-hydrogen) atoms. The topological polar surface area (TPSA) is 38.0 Å². The molecule has 0 radical (unpaired) electrons. The molecule has 3 heteroatoms. The van der Waals surface area contributed by atoms with Crippen molar-refractivity contribution in [2.45, 2.75) is 13.0 Å². The highest BCUT2D eigenvalue weighted by Crippen LogP contribution is 2.04. The van der Waals surface area contributed by atoms with Crippen LogP contribution in [-0.2, 0) is 0 Å². The lowest BCUT2D eigenvalue weighted by atomic mass is 9.98. The van der Waals surface area contributed by atoms with E-state index in [1.54, 1.807) is 12.2 Å². The Hall–Kier alpha value is -2.26. The molecule has 0 rings (SSSR count). The molecule has 0 saturated carbocycles. The average molecular weight is 280 g/mol. The molecule has 0 unspecified atom stereocenters. The first-order chi connectivity index (χ1) is 10.0. The summed E-state index contributed by atoms with van der Waals surface area (Å²) in [4.78, 5) is 0. The van der Waals surface area contributed by atoms with Gasteiger partial charge in [-0.3, -0.25) is 0 Å². The van der Waals surface area contributed by atoms with E-state index in [1.807, 2.05) is 63.4 Å². The van der Waals surface area contributed by atoms with Crippen LogP contribution in [0, 0.1) is 0 Å². The van der Waals surface area contributed by atoms with Gasteiger partial charge in [-0.1, -0.05) is 68.3 Å². The van der Waals surface area contributed by atoms with E-state index in [2.05, 4.69) is 25.1 Å². The Balaban J connectivity index is 4.81. The van der Waals surface area contributed by atoms with Gasteiger partial charge >= 0.3 is 0 Å². The summed E-state index contributed by atoms with van der Waals surface area (Å²) in [5, 5.41) is 3.26. The van der Waals surface area contributed by atoms with E-state index in [0.29, 0.717) is 0 Å². The third kappa shape index (κ3) is 9.30. The maximum atomic E-state index is 6.09. The zero-order chi connectivity index (χ0) is 16.1. The van der Waals surface area contributed by atoms with Crippen molar-refractivity contribution in [3.63, 3.8) is 0 Å². The van der Waals surface area contributed by atoms with Crippen LogP contribution >= 0.6 is 0 Å². The van der Waals surface area contributed by atoms with Crippen molar-refractivity contribution in [3.8, 4) is 0 Å².